The second-order valence-electron chi connectivity index (χ2n) is 5.67. The molecule has 11 nitrogen and oxygen atoms in total. The summed E-state index contributed by atoms with van der Waals surface area (Å²) in [5.41, 5.74) is 11.7. The first-order valence-electron chi connectivity index (χ1n) is 8.16. The molecule has 0 saturated carbocycles. The van der Waals surface area contributed by atoms with Crippen LogP contribution < -0.4 is 21.5 Å². The number of aliphatic hydroxyl groups excluding tert-OH is 2. The Labute approximate surface area is 160 Å². The lowest BCUT2D eigenvalue weighted by Crippen LogP contribution is -2.32. The topological polar surface area (TPSA) is 186 Å². The van der Waals surface area contributed by atoms with Crippen LogP contribution in [0.1, 0.15) is 6.92 Å². The quantitative estimate of drug-likeness (QED) is 0.259. The number of anilines is 2. The second-order valence-corrected chi connectivity index (χ2v) is 5.67. The molecule has 0 aliphatic heterocycles. The van der Waals surface area contributed by atoms with Crippen molar-refractivity contribution in [2.45, 2.75) is 19.1 Å². The zero-order valence-corrected chi connectivity index (χ0v) is 14.9. The van der Waals surface area contributed by atoms with Crippen LogP contribution in [0.2, 0.25) is 0 Å². The number of hydrogen-bond donors (Lipinski definition) is 5. The fourth-order valence-corrected chi connectivity index (χ4v) is 1.85. The third-order valence-corrected chi connectivity index (χ3v) is 3.35. The van der Waals surface area contributed by atoms with Crippen molar-refractivity contribution in [2.75, 3.05) is 17.7 Å². The molecule has 2 aromatic rings. The van der Waals surface area contributed by atoms with Gasteiger partial charge in [-0.3, -0.25) is 4.79 Å². The zero-order valence-electron chi connectivity index (χ0n) is 14.9. The maximum absolute atomic E-state index is 11.6. The summed E-state index contributed by atoms with van der Waals surface area (Å²) in [6.07, 6.45) is -1.66. The number of aliphatic hydroxyl groups is 2. The van der Waals surface area contributed by atoms with Gasteiger partial charge in [-0.05, 0) is 31.2 Å². The van der Waals surface area contributed by atoms with Gasteiger partial charge in [0.25, 0.3) is 0 Å². The van der Waals surface area contributed by atoms with Gasteiger partial charge in [-0.1, -0.05) is 12.1 Å². The average Bonchev–Trinajstić information content (AvgIpc) is 2.67. The molecule has 1 aromatic carbocycles. The smallest absolute Gasteiger partial charge is 0.342 e. The minimum atomic E-state index is -1.66. The number of benzene rings is 1. The van der Waals surface area contributed by atoms with Crippen LogP contribution in [0.15, 0.2) is 46.6 Å². The SMILES string of the molecule is C[C@H](N)C(=O)Nc1ccc(N=Nc2ccccc2OC(=O)[C@@H](O)CO)c(N)n1. The molecule has 1 amide bonds. The van der Waals surface area contributed by atoms with E-state index < -0.39 is 30.6 Å². The molecule has 1 aromatic heterocycles. The average molecular weight is 388 g/mol. The Morgan fingerprint density at radius 3 is 2.54 bits per heavy atom. The number of rotatable bonds is 7. The van der Waals surface area contributed by atoms with E-state index in [0.29, 0.717) is 0 Å². The van der Waals surface area contributed by atoms with Crippen molar-refractivity contribution in [1.82, 2.24) is 4.98 Å². The summed E-state index contributed by atoms with van der Waals surface area (Å²) in [6.45, 7) is 0.766. The standard InChI is InChI=1S/C17H20N6O5/c1-9(18)16(26)21-14-7-6-11(15(19)20-14)23-22-10-4-2-3-5-13(10)28-17(27)12(25)8-24/h2-7,9,12,24-25H,8,18H2,1H3,(H3,19,20,21,26)/t9-,12-/m0/s1. The predicted molar refractivity (Wildman–Crippen MR) is 100 cm³/mol. The highest BCUT2D eigenvalue weighted by Gasteiger charge is 2.17. The summed E-state index contributed by atoms with van der Waals surface area (Å²) >= 11 is 0. The van der Waals surface area contributed by atoms with Crippen LogP contribution in [0.25, 0.3) is 0 Å². The van der Waals surface area contributed by atoms with Gasteiger partial charge in [0.1, 0.15) is 17.2 Å². The number of carbonyl (C=O) groups is 2. The Morgan fingerprint density at radius 1 is 1.21 bits per heavy atom. The Hall–Kier alpha value is -3.41. The van der Waals surface area contributed by atoms with Crippen molar-refractivity contribution in [1.29, 1.82) is 0 Å². The molecule has 0 fully saturated rings. The molecule has 2 atom stereocenters. The van der Waals surface area contributed by atoms with Crippen LogP contribution in [0.4, 0.5) is 23.0 Å². The van der Waals surface area contributed by atoms with E-state index in [2.05, 4.69) is 20.5 Å². The van der Waals surface area contributed by atoms with Gasteiger partial charge < -0.3 is 31.7 Å². The van der Waals surface area contributed by atoms with E-state index in [4.69, 9.17) is 21.3 Å². The van der Waals surface area contributed by atoms with Crippen molar-refractivity contribution in [3.8, 4) is 5.75 Å². The monoisotopic (exact) mass is 388 g/mol. The Kier molecular flexibility index (Phi) is 7.09. The van der Waals surface area contributed by atoms with Gasteiger partial charge in [0.15, 0.2) is 17.7 Å². The maximum atomic E-state index is 11.6. The van der Waals surface area contributed by atoms with E-state index in [1.807, 2.05) is 0 Å². The van der Waals surface area contributed by atoms with E-state index in [1.54, 1.807) is 12.1 Å². The maximum Gasteiger partial charge on any atom is 0.342 e. The lowest BCUT2D eigenvalue weighted by Gasteiger charge is -2.09. The molecule has 11 heteroatoms. The first-order valence-corrected chi connectivity index (χ1v) is 8.16. The summed E-state index contributed by atoms with van der Waals surface area (Å²) in [4.78, 5) is 27.2. The lowest BCUT2D eigenvalue weighted by atomic mass is 10.3. The van der Waals surface area contributed by atoms with Gasteiger partial charge in [0.2, 0.25) is 5.91 Å². The zero-order chi connectivity index (χ0) is 20.7. The number of aromatic nitrogens is 1. The third-order valence-electron chi connectivity index (χ3n) is 3.35. The number of amides is 1. The highest BCUT2D eigenvalue weighted by Crippen LogP contribution is 2.30. The number of esters is 1. The fraction of sp³-hybridized carbons (Fsp3) is 0.235. The summed E-state index contributed by atoms with van der Waals surface area (Å²) < 4.78 is 4.99. The largest absolute Gasteiger partial charge is 0.422 e. The van der Waals surface area contributed by atoms with Gasteiger partial charge >= 0.3 is 5.97 Å². The minimum Gasteiger partial charge on any atom is -0.422 e. The van der Waals surface area contributed by atoms with Crippen LogP contribution in [0, 0.1) is 0 Å². The summed E-state index contributed by atoms with van der Waals surface area (Å²) in [6, 6.07) is 8.48. The van der Waals surface area contributed by atoms with Crippen molar-refractivity contribution in [3.63, 3.8) is 0 Å². The molecule has 2 rings (SSSR count). The number of hydrogen-bond acceptors (Lipinski definition) is 10. The van der Waals surface area contributed by atoms with Gasteiger partial charge in [-0.25, -0.2) is 9.78 Å². The van der Waals surface area contributed by atoms with Gasteiger partial charge in [0, 0.05) is 0 Å². The highest BCUT2D eigenvalue weighted by molar-refractivity contribution is 5.93. The Bertz CT molecular complexity index is 886. The second kappa shape index (κ2) is 9.50. The molecule has 28 heavy (non-hydrogen) atoms. The molecule has 0 radical (unpaired) electrons. The molecule has 0 bridgehead atoms. The Balaban J connectivity index is 2.18. The molecule has 0 spiro atoms. The molecular formula is C17H20N6O5. The lowest BCUT2D eigenvalue weighted by molar-refractivity contribution is -0.145. The molecule has 0 aliphatic rings. The molecule has 7 N–H and O–H groups in total. The number of nitrogen functional groups attached to an aromatic ring is 1. The normalized spacial score (nSPS) is 13.1. The number of nitrogens with zero attached hydrogens (tertiary/aromatic N) is 3. The first-order chi connectivity index (χ1) is 13.3. The number of pyridine rings is 1. The van der Waals surface area contributed by atoms with Crippen molar-refractivity contribution in [2.24, 2.45) is 16.0 Å². The van der Waals surface area contributed by atoms with Gasteiger partial charge in [0.05, 0.1) is 12.6 Å². The molecule has 0 unspecified atom stereocenters. The van der Waals surface area contributed by atoms with Gasteiger partial charge in [-0.15, -0.1) is 10.2 Å². The summed E-state index contributed by atoms with van der Waals surface area (Å²) in [5, 5.41) is 28.5. The van der Waals surface area contributed by atoms with Gasteiger partial charge in [-0.2, -0.15) is 0 Å². The molecule has 0 saturated heterocycles. The number of carbonyl (C=O) groups excluding carboxylic acids is 2. The molecule has 148 valence electrons. The molecule has 0 aliphatic carbocycles. The van der Waals surface area contributed by atoms with Crippen LogP contribution in [0.5, 0.6) is 5.75 Å². The van der Waals surface area contributed by atoms with E-state index in [1.165, 1.54) is 31.2 Å². The van der Waals surface area contributed by atoms with E-state index in [9.17, 15) is 14.7 Å². The highest BCUT2D eigenvalue weighted by atomic mass is 16.6. The number of ether oxygens (including phenoxy) is 1. The van der Waals surface area contributed by atoms with Crippen molar-refractivity contribution >= 4 is 34.9 Å². The Morgan fingerprint density at radius 2 is 1.89 bits per heavy atom. The van der Waals surface area contributed by atoms with Crippen molar-refractivity contribution in [3.05, 3.63) is 36.4 Å². The number of para-hydroxylation sites is 1. The summed E-state index contributed by atoms with van der Waals surface area (Å²) in [5.74, 6) is -1.18. The van der Waals surface area contributed by atoms with Crippen molar-refractivity contribution < 1.29 is 24.5 Å². The van der Waals surface area contributed by atoms with E-state index in [-0.39, 0.29) is 28.8 Å². The van der Waals surface area contributed by atoms with E-state index >= 15 is 0 Å². The summed E-state index contributed by atoms with van der Waals surface area (Å²) in [7, 11) is 0. The minimum absolute atomic E-state index is 0.0106. The number of nitrogens with two attached hydrogens (primary N) is 2. The van der Waals surface area contributed by atoms with E-state index in [0.717, 1.165) is 0 Å². The first kappa shape index (κ1) is 20.9. The van der Waals surface area contributed by atoms with Crippen LogP contribution in [-0.2, 0) is 9.59 Å². The fourth-order valence-electron chi connectivity index (χ4n) is 1.85. The predicted octanol–water partition coefficient (Wildman–Crippen LogP) is 0.623. The number of nitrogens with one attached hydrogen (secondary N) is 1. The van der Waals surface area contributed by atoms with Crippen LogP contribution in [-0.4, -0.2) is 45.8 Å². The molecular weight excluding hydrogens is 368 g/mol. The number of azo groups is 1. The molecule has 1 heterocycles. The van der Waals surface area contributed by atoms with Crippen LogP contribution >= 0.6 is 0 Å². The third kappa shape index (κ3) is 5.54. The van der Waals surface area contributed by atoms with Crippen LogP contribution in [0.3, 0.4) is 0 Å².